The van der Waals surface area contributed by atoms with Gasteiger partial charge in [0.1, 0.15) is 0 Å². The molecule has 0 aromatic heterocycles. The van der Waals surface area contributed by atoms with Crippen LogP contribution in [-0.2, 0) is 19.1 Å². The Kier molecular flexibility index (Phi) is 8.63. The lowest BCUT2D eigenvalue weighted by atomic mass is 9.97. The second-order valence-corrected chi connectivity index (χ2v) is 8.36. The van der Waals surface area contributed by atoms with Crippen LogP contribution in [0.25, 0.3) is 0 Å². The summed E-state index contributed by atoms with van der Waals surface area (Å²) in [6, 6.07) is 7.75. The van der Waals surface area contributed by atoms with E-state index in [1.165, 1.54) is 16.7 Å². The average Bonchev–Trinajstić information content (AvgIpc) is 2.67. The van der Waals surface area contributed by atoms with Gasteiger partial charge in [-0.3, -0.25) is 14.4 Å². The minimum atomic E-state index is -0.179. The smallest absolute Gasteiger partial charge is 0.309 e. The van der Waals surface area contributed by atoms with Crippen molar-refractivity contribution in [2.45, 2.75) is 24.7 Å². The molecule has 1 aromatic rings. The summed E-state index contributed by atoms with van der Waals surface area (Å²) in [6.07, 6.45) is 1.23. The number of ether oxygens (including phenoxy) is 1. The Bertz CT molecular complexity index is 660. The van der Waals surface area contributed by atoms with Gasteiger partial charge in [0.25, 0.3) is 0 Å². The quantitative estimate of drug-likeness (QED) is 0.466. The topological polar surface area (TPSA) is 66.9 Å². The minimum absolute atomic E-state index is 0.0593. The van der Waals surface area contributed by atoms with Gasteiger partial charge in [-0.2, -0.15) is 0 Å². The Labute approximate surface area is 172 Å². The molecule has 0 atom stereocenters. The lowest BCUT2D eigenvalue weighted by Crippen LogP contribution is -2.46. The normalized spacial score (nSPS) is 14.7. The van der Waals surface area contributed by atoms with Crippen LogP contribution in [0, 0.1) is 5.92 Å². The van der Waals surface area contributed by atoms with Crippen LogP contribution < -0.4 is 0 Å². The highest BCUT2D eigenvalue weighted by Crippen LogP contribution is 2.21. The van der Waals surface area contributed by atoms with Gasteiger partial charge in [0, 0.05) is 29.5 Å². The largest absolute Gasteiger partial charge is 0.466 e. The van der Waals surface area contributed by atoms with Gasteiger partial charge in [0.05, 0.1) is 24.8 Å². The first-order valence-electron chi connectivity index (χ1n) is 8.97. The van der Waals surface area contributed by atoms with Gasteiger partial charge in [0.15, 0.2) is 0 Å². The number of carbonyl (C=O) groups is 3. The Balaban J connectivity index is 1.73. The number of thioether (sulfide) groups is 1. The van der Waals surface area contributed by atoms with E-state index in [4.69, 9.17) is 4.74 Å². The number of piperidine rings is 1. The van der Waals surface area contributed by atoms with Crippen molar-refractivity contribution in [1.82, 2.24) is 9.80 Å². The maximum Gasteiger partial charge on any atom is 0.309 e. The third-order valence-electron chi connectivity index (χ3n) is 4.44. The van der Waals surface area contributed by atoms with Crippen LogP contribution in [0.4, 0.5) is 0 Å². The van der Waals surface area contributed by atoms with Crippen molar-refractivity contribution < 1.29 is 19.1 Å². The number of rotatable bonds is 7. The maximum atomic E-state index is 12.4. The third-order valence-corrected chi connectivity index (χ3v) is 5.97. The standard InChI is InChI=1S/C19H25BrN2O4S/c1-3-26-19(25)14-8-10-22(11-9-14)17(23)12-21(2)18(24)13-27-16-6-4-15(20)5-7-16/h4-7,14H,3,8-13H2,1-2H3. The van der Waals surface area contributed by atoms with Crippen LogP contribution in [0.5, 0.6) is 0 Å². The van der Waals surface area contributed by atoms with Gasteiger partial charge in [0.2, 0.25) is 11.8 Å². The summed E-state index contributed by atoms with van der Waals surface area (Å²) in [5.41, 5.74) is 0. The molecule has 0 radical (unpaired) electrons. The van der Waals surface area contributed by atoms with Crippen LogP contribution in [-0.4, -0.2) is 66.6 Å². The highest BCUT2D eigenvalue weighted by atomic mass is 79.9. The van der Waals surface area contributed by atoms with Crippen LogP contribution in [0.15, 0.2) is 33.6 Å². The molecule has 0 spiro atoms. The Morgan fingerprint density at radius 2 is 1.85 bits per heavy atom. The number of hydrogen-bond donors (Lipinski definition) is 0. The lowest BCUT2D eigenvalue weighted by Gasteiger charge is -2.32. The number of esters is 1. The summed E-state index contributed by atoms with van der Waals surface area (Å²) in [6.45, 7) is 3.28. The number of likely N-dealkylation sites (tertiary alicyclic amines) is 1. The molecule has 1 aliphatic heterocycles. The third kappa shape index (κ3) is 6.84. The molecule has 6 nitrogen and oxygen atoms in total. The number of likely N-dealkylation sites (N-methyl/N-ethyl adjacent to an activating group) is 1. The molecule has 1 saturated heterocycles. The van der Waals surface area contributed by atoms with Crippen molar-refractivity contribution in [2.24, 2.45) is 5.92 Å². The first-order chi connectivity index (χ1) is 12.9. The monoisotopic (exact) mass is 456 g/mol. The molecule has 1 aromatic carbocycles. The second kappa shape index (κ2) is 10.7. The van der Waals surface area contributed by atoms with Crippen molar-refractivity contribution in [2.75, 3.05) is 39.0 Å². The first-order valence-corrected chi connectivity index (χ1v) is 10.7. The number of hydrogen-bond acceptors (Lipinski definition) is 5. The molecular formula is C19H25BrN2O4S. The SMILES string of the molecule is CCOC(=O)C1CCN(C(=O)CN(C)C(=O)CSc2ccc(Br)cc2)CC1. The molecule has 1 fully saturated rings. The molecule has 0 N–H and O–H groups in total. The zero-order valence-electron chi connectivity index (χ0n) is 15.7. The Morgan fingerprint density at radius 3 is 2.44 bits per heavy atom. The van der Waals surface area contributed by atoms with Crippen molar-refractivity contribution >= 4 is 45.5 Å². The molecule has 0 saturated carbocycles. The Hall–Kier alpha value is -1.54. The molecule has 1 heterocycles. The molecular weight excluding hydrogens is 432 g/mol. The van der Waals surface area contributed by atoms with Gasteiger partial charge in [-0.05, 0) is 44.0 Å². The van der Waals surface area contributed by atoms with Gasteiger partial charge in [-0.15, -0.1) is 11.8 Å². The summed E-state index contributed by atoms with van der Waals surface area (Å²) < 4.78 is 6.04. The molecule has 148 valence electrons. The molecule has 0 aliphatic carbocycles. The van der Waals surface area contributed by atoms with E-state index in [0.717, 1.165) is 9.37 Å². The van der Waals surface area contributed by atoms with E-state index in [-0.39, 0.29) is 36.0 Å². The Morgan fingerprint density at radius 1 is 1.22 bits per heavy atom. The van der Waals surface area contributed by atoms with E-state index in [2.05, 4.69) is 15.9 Å². The van der Waals surface area contributed by atoms with E-state index in [1.54, 1.807) is 18.9 Å². The van der Waals surface area contributed by atoms with Crippen LogP contribution in [0.3, 0.4) is 0 Å². The summed E-state index contributed by atoms with van der Waals surface area (Å²) in [5, 5.41) is 0. The first kappa shape index (κ1) is 21.8. The van der Waals surface area contributed by atoms with Crippen molar-refractivity contribution in [3.05, 3.63) is 28.7 Å². The minimum Gasteiger partial charge on any atom is -0.466 e. The number of carbonyl (C=O) groups excluding carboxylic acids is 3. The van der Waals surface area contributed by atoms with E-state index < -0.39 is 0 Å². The summed E-state index contributed by atoms with van der Waals surface area (Å²) in [7, 11) is 1.65. The van der Waals surface area contributed by atoms with Crippen LogP contribution >= 0.6 is 27.7 Å². The molecule has 0 bridgehead atoms. The van der Waals surface area contributed by atoms with E-state index in [9.17, 15) is 14.4 Å². The highest BCUT2D eigenvalue weighted by Gasteiger charge is 2.28. The highest BCUT2D eigenvalue weighted by molar-refractivity contribution is 9.10. The fraction of sp³-hybridized carbons (Fsp3) is 0.526. The summed E-state index contributed by atoms with van der Waals surface area (Å²) >= 11 is 4.83. The van der Waals surface area contributed by atoms with Crippen molar-refractivity contribution in [3.63, 3.8) is 0 Å². The molecule has 1 aliphatic rings. The van der Waals surface area contributed by atoms with Gasteiger partial charge in [-0.1, -0.05) is 15.9 Å². The molecule has 0 unspecified atom stereocenters. The number of halogens is 1. The predicted octanol–water partition coefficient (Wildman–Crippen LogP) is 2.80. The summed E-state index contributed by atoms with van der Waals surface area (Å²) in [4.78, 5) is 40.7. The maximum absolute atomic E-state index is 12.4. The van der Waals surface area contributed by atoms with Crippen LogP contribution in [0.1, 0.15) is 19.8 Å². The van der Waals surface area contributed by atoms with Gasteiger partial charge >= 0.3 is 5.97 Å². The van der Waals surface area contributed by atoms with E-state index >= 15 is 0 Å². The van der Waals surface area contributed by atoms with Gasteiger partial charge in [-0.25, -0.2) is 0 Å². The fourth-order valence-electron chi connectivity index (χ4n) is 2.80. The second-order valence-electron chi connectivity index (χ2n) is 6.40. The van der Waals surface area contributed by atoms with Crippen molar-refractivity contribution in [1.29, 1.82) is 0 Å². The average molecular weight is 457 g/mol. The van der Waals surface area contributed by atoms with Gasteiger partial charge < -0.3 is 14.5 Å². The lowest BCUT2D eigenvalue weighted by molar-refractivity contribution is -0.151. The van der Waals surface area contributed by atoms with Crippen LogP contribution in [0.2, 0.25) is 0 Å². The summed E-state index contributed by atoms with van der Waals surface area (Å²) in [5.74, 6) is -0.187. The number of benzene rings is 1. The predicted molar refractivity (Wildman–Crippen MR) is 108 cm³/mol. The molecule has 2 amide bonds. The molecule has 8 heteroatoms. The van der Waals surface area contributed by atoms with Crippen molar-refractivity contribution in [3.8, 4) is 0 Å². The van der Waals surface area contributed by atoms with E-state index in [0.29, 0.717) is 32.5 Å². The number of amides is 2. The van der Waals surface area contributed by atoms with E-state index in [1.807, 2.05) is 24.3 Å². The zero-order chi connectivity index (χ0) is 19.8. The number of nitrogens with zero attached hydrogens (tertiary/aromatic N) is 2. The zero-order valence-corrected chi connectivity index (χ0v) is 18.1. The molecule has 27 heavy (non-hydrogen) atoms. The fourth-order valence-corrected chi connectivity index (χ4v) is 3.91. The molecule has 2 rings (SSSR count).